The van der Waals surface area contributed by atoms with Crippen molar-refractivity contribution in [1.29, 1.82) is 0 Å². The van der Waals surface area contributed by atoms with Crippen LogP contribution in [0, 0.1) is 6.92 Å². The van der Waals surface area contributed by atoms with Crippen molar-refractivity contribution in [2.24, 2.45) is 0 Å². The van der Waals surface area contributed by atoms with Crippen LogP contribution in [0.3, 0.4) is 0 Å². The summed E-state index contributed by atoms with van der Waals surface area (Å²) in [6.45, 7) is 1.89. The average Bonchev–Trinajstić information content (AvgIpc) is 3.04. The number of hydrogen-bond acceptors (Lipinski definition) is 6. The Bertz CT molecular complexity index is 566. The molecule has 0 saturated heterocycles. The molecule has 0 aromatic carbocycles. The van der Waals surface area contributed by atoms with E-state index in [1.54, 1.807) is 6.07 Å². The molecule has 0 bridgehead atoms. The molecule has 0 unspecified atom stereocenters. The predicted molar refractivity (Wildman–Crippen MR) is 71.9 cm³/mol. The van der Waals surface area contributed by atoms with E-state index in [9.17, 15) is 9.59 Å². The van der Waals surface area contributed by atoms with E-state index in [1.807, 2.05) is 12.3 Å². The summed E-state index contributed by atoms with van der Waals surface area (Å²) >= 11 is 2.80. The molecule has 8 heteroatoms. The van der Waals surface area contributed by atoms with Gasteiger partial charge in [0.1, 0.15) is 0 Å². The lowest BCUT2D eigenvalue weighted by Crippen LogP contribution is -2.42. The highest BCUT2D eigenvalue weighted by Crippen LogP contribution is 2.21. The molecule has 0 atom stereocenters. The van der Waals surface area contributed by atoms with Gasteiger partial charge in [-0.2, -0.15) is 0 Å². The van der Waals surface area contributed by atoms with Crippen LogP contribution in [0.25, 0.3) is 0 Å². The van der Waals surface area contributed by atoms with E-state index in [0.29, 0.717) is 0 Å². The van der Waals surface area contributed by atoms with Crippen LogP contribution in [0.5, 0.6) is 0 Å². The van der Waals surface area contributed by atoms with Crippen LogP contribution in [0.4, 0.5) is 0 Å². The lowest BCUT2D eigenvalue weighted by Gasteiger charge is -2.04. The van der Waals surface area contributed by atoms with E-state index in [1.165, 1.54) is 35.4 Å². The number of aromatic nitrogens is 1. The van der Waals surface area contributed by atoms with Crippen molar-refractivity contribution < 1.29 is 14.0 Å². The molecule has 0 aliphatic carbocycles. The second-order valence-corrected chi connectivity index (χ2v) is 5.60. The first-order valence-electron chi connectivity index (χ1n) is 5.33. The third-order valence-electron chi connectivity index (χ3n) is 1.99. The Morgan fingerprint density at radius 2 is 2.32 bits per heavy atom. The fraction of sp³-hybridized carbons (Fsp3) is 0.182. The smallest absolute Gasteiger partial charge is 0.305 e. The summed E-state index contributed by atoms with van der Waals surface area (Å²) in [5.74, 6) is -0.472. The molecule has 100 valence electrons. The molecule has 2 N–H and O–H groups in total. The number of carbonyl (C=O) groups is 2. The molecule has 2 amide bonds. The molecule has 0 saturated carbocycles. The number of nitrogens with zero attached hydrogens (tertiary/aromatic N) is 1. The van der Waals surface area contributed by atoms with E-state index in [-0.39, 0.29) is 17.4 Å². The second-order valence-electron chi connectivity index (χ2n) is 3.52. The highest BCUT2D eigenvalue weighted by Gasteiger charge is 2.10. The summed E-state index contributed by atoms with van der Waals surface area (Å²) in [6, 6.07) is 3.10. The van der Waals surface area contributed by atoms with E-state index in [0.717, 1.165) is 10.0 Å². The number of amides is 2. The normalized spacial score (nSPS) is 10.2. The van der Waals surface area contributed by atoms with Gasteiger partial charge in [-0.1, -0.05) is 11.8 Å². The topological polar surface area (TPSA) is 84.2 Å². The van der Waals surface area contributed by atoms with E-state index < -0.39 is 5.91 Å². The zero-order chi connectivity index (χ0) is 13.7. The Balaban J connectivity index is 1.71. The standard InChI is InChI=1S/C11H11N3O3S2/c1-7-5-18-11(12-7)19-6-9(15)13-14-10(16)8-3-2-4-17-8/h2-5H,6H2,1H3,(H,13,15)(H,14,16). The van der Waals surface area contributed by atoms with Crippen molar-refractivity contribution in [1.82, 2.24) is 15.8 Å². The number of rotatable bonds is 4. The summed E-state index contributed by atoms with van der Waals surface area (Å²) in [5, 5.41) is 1.92. The Hall–Kier alpha value is -1.80. The fourth-order valence-electron chi connectivity index (χ4n) is 1.16. The van der Waals surface area contributed by atoms with Crippen LogP contribution in [0.2, 0.25) is 0 Å². The number of thiazole rings is 1. The van der Waals surface area contributed by atoms with Crippen molar-refractivity contribution >= 4 is 34.9 Å². The van der Waals surface area contributed by atoms with Crippen molar-refractivity contribution in [3.8, 4) is 0 Å². The van der Waals surface area contributed by atoms with Gasteiger partial charge in [0.25, 0.3) is 0 Å². The Labute approximate surface area is 117 Å². The quantitative estimate of drug-likeness (QED) is 0.661. The van der Waals surface area contributed by atoms with Crippen LogP contribution in [0.15, 0.2) is 32.5 Å². The molecule has 0 radical (unpaired) electrons. The molecule has 0 fully saturated rings. The van der Waals surface area contributed by atoms with E-state index >= 15 is 0 Å². The van der Waals surface area contributed by atoms with Gasteiger partial charge < -0.3 is 4.42 Å². The van der Waals surface area contributed by atoms with Crippen LogP contribution < -0.4 is 10.9 Å². The summed E-state index contributed by atoms with van der Waals surface area (Å²) < 4.78 is 5.71. The number of nitrogens with one attached hydrogen (secondary N) is 2. The minimum Gasteiger partial charge on any atom is -0.459 e. The molecule has 2 heterocycles. The van der Waals surface area contributed by atoms with Crippen molar-refractivity contribution in [3.63, 3.8) is 0 Å². The summed E-state index contributed by atoms with van der Waals surface area (Å²) in [5.41, 5.74) is 5.50. The first-order valence-corrected chi connectivity index (χ1v) is 7.19. The van der Waals surface area contributed by atoms with Crippen LogP contribution in [-0.4, -0.2) is 22.6 Å². The van der Waals surface area contributed by atoms with Crippen molar-refractivity contribution in [2.75, 3.05) is 5.75 Å². The molecular weight excluding hydrogens is 286 g/mol. The third kappa shape index (κ3) is 4.11. The molecule has 19 heavy (non-hydrogen) atoms. The number of furan rings is 1. The van der Waals surface area contributed by atoms with Gasteiger partial charge >= 0.3 is 5.91 Å². The molecule has 0 aliphatic rings. The van der Waals surface area contributed by atoms with Gasteiger partial charge in [0, 0.05) is 11.1 Å². The number of carbonyl (C=O) groups excluding carboxylic acids is 2. The minimum atomic E-state index is -0.492. The molecule has 0 spiro atoms. The number of aryl methyl sites for hydroxylation is 1. The zero-order valence-corrected chi connectivity index (χ0v) is 11.6. The van der Waals surface area contributed by atoms with Gasteiger partial charge in [-0.25, -0.2) is 4.98 Å². The number of thioether (sulfide) groups is 1. The predicted octanol–water partition coefficient (Wildman–Crippen LogP) is 1.60. The molecule has 2 aromatic rings. The average molecular weight is 297 g/mol. The largest absolute Gasteiger partial charge is 0.459 e. The van der Waals surface area contributed by atoms with Crippen molar-refractivity contribution in [2.45, 2.75) is 11.3 Å². The zero-order valence-electron chi connectivity index (χ0n) is 10.0. The first-order chi connectivity index (χ1) is 9.15. The SMILES string of the molecule is Cc1csc(SCC(=O)NNC(=O)c2ccco2)n1. The summed E-state index contributed by atoms with van der Waals surface area (Å²) in [4.78, 5) is 27.2. The van der Waals surface area contributed by atoms with E-state index in [2.05, 4.69) is 15.8 Å². The highest BCUT2D eigenvalue weighted by molar-refractivity contribution is 8.01. The second kappa shape index (κ2) is 6.39. The third-order valence-corrected chi connectivity index (χ3v) is 4.12. The highest BCUT2D eigenvalue weighted by atomic mass is 32.2. The monoisotopic (exact) mass is 297 g/mol. The first kappa shape index (κ1) is 13.6. The maximum atomic E-state index is 11.5. The Morgan fingerprint density at radius 1 is 1.47 bits per heavy atom. The number of hydrazine groups is 1. The molecule has 2 aromatic heterocycles. The maximum absolute atomic E-state index is 11.5. The Morgan fingerprint density at radius 3 is 2.95 bits per heavy atom. The minimum absolute atomic E-state index is 0.142. The molecule has 0 aliphatic heterocycles. The molecule has 2 rings (SSSR count). The summed E-state index contributed by atoms with van der Waals surface area (Å²) in [6.07, 6.45) is 1.39. The maximum Gasteiger partial charge on any atom is 0.305 e. The van der Waals surface area contributed by atoms with Gasteiger partial charge in [-0.05, 0) is 19.1 Å². The van der Waals surface area contributed by atoms with Gasteiger partial charge in [0.2, 0.25) is 5.91 Å². The Kier molecular flexibility index (Phi) is 4.58. The van der Waals surface area contributed by atoms with Gasteiger partial charge in [-0.3, -0.25) is 20.4 Å². The molecule has 6 nitrogen and oxygen atoms in total. The van der Waals surface area contributed by atoms with Crippen LogP contribution in [-0.2, 0) is 4.79 Å². The lowest BCUT2D eigenvalue weighted by atomic mass is 10.4. The van der Waals surface area contributed by atoms with Gasteiger partial charge in [0.15, 0.2) is 10.1 Å². The molecular formula is C11H11N3O3S2. The summed E-state index contributed by atoms with van der Waals surface area (Å²) in [7, 11) is 0. The fourth-order valence-corrected chi connectivity index (χ4v) is 2.81. The van der Waals surface area contributed by atoms with Gasteiger partial charge in [-0.15, -0.1) is 11.3 Å². The van der Waals surface area contributed by atoms with Crippen LogP contribution >= 0.6 is 23.1 Å². The number of hydrogen-bond donors (Lipinski definition) is 2. The van der Waals surface area contributed by atoms with Crippen molar-refractivity contribution in [3.05, 3.63) is 35.2 Å². The van der Waals surface area contributed by atoms with Crippen LogP contribution in [0.1, 0.15) is 16.2 Å². The van der Waals surface area contributed by atoms with E-state index in [4.69, 9.17) is 4.42 Å². The van der Waals surface area contributed by atoms with Gasteiger partial charge in [0.05, 0.1) is 12.0 Å². The lowest BCUT2D eigenvalue weighted by molar-refractivity contribution is -0.119.